The predicted octanol–water partition coefficient (Wildman–Crippen LogP) is 4.55. The van der Waals surface area contributed by atoms with Crippen LogP contribution in [0.3, 0.4) is 0 Å². The number of amides is 1. The van der Waals surface area contributed by atoms with Crippen molar-refractivity contribution in [3.8, 4) is 11.5 Å². The number of ether oxygens (including phenoxy) is 3. The Morgan fingerprint density at radius 2 is 1.47 bits per heavy atom. The summed E-state index contributed by atoms with van der Waals surface area (Å²) in [5.41, 5.74) is 2.60. The molecule has 3 aromatic carbocycles. The lowest BCUT2D eigenvalue weighted by Crippen LogP contribution is -2.22. The van der Waals surface area contributed by atoms with Crippen LogP contribution >= 0.6 is 0 Å². The molecule has 164 valence electrons. The summed E-state index contributed by atoms with van der Waals surface area (Å²) in [6.45, 7) is 0.803. The number of rotatable bonds is 7. The van der Waals surface area contributed by atoms with E-state index in [1.165, 1.54) is 0 Å². The molecule has 0 unspecified atom stereocenters. The SMILES string of the molecule is O=C(COC(=O)CC(c1ccccc1)c1ccccc1)Nc1ccc2c(c1)OCCCO2. The summed E-state index contributed by atoms with van der Waals surface area (Å²) < 4.78 is 16.5. The average Bonchev–Trinajstić information content (AvgIpc) is 3.07. The third-order valence-corrected chi connectivity index (χ3v) is 5.17. The predicted molar refractivity (Wildman–Crippen MR) is 121 cm³/mol. The van der Waals surface area contributed by atoms with E-state index in [9.17, 15) is 9.59 Å². The van der Waals surface area contributed by atoms with E-state index >= 15 is 0 Å². The molecule has 0 saturated carbocycles. The molecule has 1 amide bonds. The van der Waals surface area contributed by atoms with E-state index in [0.717, 1.165) is 17.5 Å². The summed E-state index contributed by atoms with van der Waals surface area (Å²) in [6.07, 6.45) is 0.949. The molecular formula is C26H25NO5. The number of fused-ring (bicyclic) bond motifs is 1. The number of nitrogens with one attached hydrogen (secondary N) is 1. The van der Waals surface area contributed by atoms with E-state index in [1.807, 2.05) is 60.7 Å². The highest BCUT2D eigenvalue weighted by atomic mass is 16.5. The van der Waals surface area contributed by atoms with Gasteiger partial charge < -0.3 is 19.5 Å². The first-order valence-corrected chi connectivity index (χ1v) is 10.6. The van der Waals surface area contributed by atoms with Crippen molar-refractivity contribution in [2.24, 2.45) is 0 Å². The van der Waals surface area contributed by atoms with Crippen LogP contribution in [-0.2, 0) is 14.3 Å². The third kappa shape index (κ3) is 5.66. The zero-order valence-electron chi connectivity index (χ0n) is 17.7. The van der Waals surface area contributed by atoms with E-state index < -0.39 is 11.9 Å². The van der Waals surface area contributed by atoms with Gasteiger partial charge in [0.05, 0.1) is 19.6 Å². The lowest BCUT2D eigenvalue weighted by Gasteiger charge is -2.17. The van der Waals surface area contributed by atoms with E-state index in [0.29, 0.717) is 30.4 Å². The Labute approximate surface area is 187 Å². The van der Waals surface area contributed by atoms with Crippen molar-refractivity contribution in [2.45, 2.75) is 18.8 Å². The van der Waals surface area contributed by atoms with Gasteiger partial charge in [0, 0.05) is 24.1 Å². The Morgan fingerprint density at radius 1 is 0.844 bits per heavy atom. The highest BCUT2D eigenvalue weighted by Crippen LogP contribution is 2.32. The van der Waals surface area contributed by atoms with Gasteiger partial charge in [-0.2, -0.15) is 0 Å². The molecule has 6 nitrogen and oxygen atoms in total. The average molecular weight is 431 g/mol. The van der Waals surface area contributed by atoms with Gasteiger partial charge in [0.1, 0.15) is 0 Å². The molecule has 3 aromatic rings. The number of hydrogen-bond donors (Lipinski definition) is 1. The number of esters is 1. The van der Waals surface area contributed by atoms with Gasteiger partial charge in [0.25, 0.3) is 5.91 Å². The minimum absolute atomic E-state index is 0.144. The Kier molecular flexibility index (Phi) is 7.02. The molecule has 1 aliphatic heterocycles. The highest BCUT2D eigenvalue weighted by Gasteiger charge is 2.20. The first kappa shape index (κ1) is 21.4. The molecule has 0 atom stereocenters. The van der Waals surface area contributed by atoms with Crippen LogP contribution in [0, 0.1) is 0 Å². The molecule has 6 heteroatoms. The molecule has 0 spiro atoms. The maximum atomic E-state index is 12.5. The maximum absolute atomic E-state index is 12.5. The Hall–Kier alpha value is -3.80. The minimum atomic E-state index is -0.434. The zero-order valence-corrected chi connectivity index (χ0v) is 17.7. The second kappa shape index (κ2) is 10.5. The number of benzene rings is 3. The van der Waals surface area contributed by atoms with Crippen LogP contribution in [0.5, 0.6) is 11.5 Å². The lowest BCUT2D eigenvalue weighted by atomic mass is 9.89. The molecule has 32 heavy (non-hydrogen) atoms. The molecular weight excluding hydrogens is 406 g/mol. The topological polar surface area (TPSA) is 73.9 Å². The molecule has 0 fully saturated rings. The van der Waals surface area contributed by atoms with Gasteiger partial charge >= 0.3 is 5.97 Å². The second-order valence-corrected chi connectivity index (χ2v) is 7.50. The molecule has 0 aromatic heterocycles. The number of hydrogen-bond acceptors (Lipinski definition) is 5. The zero-order chi connectivity index (χ0) is 22.2. The molecule has 0 bridgehead atoms. The second-order valence-electron chi connectivity index (χ2n) is 7.50. The van der Waals surface area contributed by atoms with Crippen LogP contribution in [0.15, 0.2) is 78.9 Å². The smallest absolute Gasteiger partial charge is 0.307 e. The summed E-state index contributed by atoms with van der Waals surface area (Å²) >= 11 is 0. The normalized spacial score (nSPS) is 12.7. The largest absolute Gasteiger partial charge is 0.490 e. The first-order chi connectivity index (χ1) is 15.7. The summed E-state index contributed by atoms with van der Waals surface area (Å²) in [6, 6.07) is 24.8. The van der Waals surface area contributed by atoms with Crippen LogP contribution in [-0.4, -0.2) is 31.7 Å². The van der Waals surface area contributed by atoms with Crippen molar-refractivity contribution < 1.29 is 23.8 Å². The minimum Gasteiger partial charge on any atom is -0.490 e. The molecule has 4 rings (SSSR count). The highest BCUT2D eigenvalue weighted by molar-refractivity contribution is 5.93. The van der Waals surface area contributed by atoms with E-state index in [1.54, 1.807) is 18.2 Å². The van der Waals surface area contributed by atoms with Crippen LogP contribution in [0.4, 0.5) is 5.69 Å². The summed E-state index contributed by atoms with van der Waals surface area (Å²) in [7, 11) is 0. The van der Waals surface area contributed by atoms with Crippen LogP contribution in [0.25, 0.3) is 0 Å². The summed E-state index contributed by atoms with van der Waals surface area (Å²) in [5.74, 6) is 0.251. The van der Waals surface area contributed by atoms with Crippen molar-refractivity contribution in [2.75, 3.05) is 25.1 Å². The monoisotopic (exact) mass is 431 g/mol. The van der Waals surface area contributed by atoms with Crippen molar-refractivity contribution in [3.63, 3.8) is 0 Å². The van der Waals surface area contributed by atoms with Crippen LogP contribution in [0.2, 0.25) is 0 Å². The van der Waals surface area contributed by atoms with Gasteiger partial charge in [-0.05, 0) is 23.3 Å². The Bertz CT molecular complexity index is 1010. The fraction of sp³-hybridized carbons (Fsp3) is 0.231. The fourth-order valence-electron chi connectivity index (χ4n) is 3.61. The first-order valence-electron chi connectivity index (χ1n) is 10.6. The van der Waals surface area contributed by atoms with E-state index in [4.69, 9.17) is 14.2 Å². The number of carbonyl (C=O) groups is 2. The van der Waals surface area contributed by atoms with Crippen molar-refractivity contribution in [1.82, 2.24) is 0 Å². The molecule has 1 aliphatic rings. The Morgan fingerprint density at radius 3 is 2.12 bits per heavy atom. The fourth-order valence-corrected chi connectivity index (χ4v) is 3.61. The van der Waals surface area contributed by atoms with Gasteiger partial charge in [0.2, 0.25) is 0 Å². The van der Waals surface area contributed by atoms with Gasteiger partial charge in [-0.15, -0.1) is 0 Å². The number of carbonyl (C=O) groups excluding carboxylic acids is 2. The quantitative estimate of drug-likeness (QED) is 0.556. The molecule has 0 aliphatic carbocycles. The van der Waals surface area contributed by atoms with Crippen molar-refractivity contribution in [1.29, 1.82) is 0 Å². The molecule has 1 heterocycles. The van der Waals surface area contributed by atoms with Gasteiger partial charge in [-0.25, -0.2) is 0 Å². The maximum Gasteiger partial charge on any atom is 0.307 e. The number of anilines is 1. The van der Waals surface area contributed by atoms with Gasteiger partial charge in [-0.1, -0.05) is 60.7 Å². The third-order valence-electron chi connectivity index (χ3n) is 5.17. The van der Waals surface area contributed by atoms with Crippen molar-refractivity contribution >= 4 is 17.6 Å². The van der Waals surface area contributed by atoms with Gasteiger partial charge in [-0.3, -0.25) is 9.59 Å². The molecule has 0 radical (unpaired) electrons. The molecule has 0 saturated heterocycles. The lowest BCUT2D eigenvalue weighted by molar-refractivity contribution is -0.147. The standard InChI is InChI=1S/C26H25NO5/c28-25(27-21-12-13-23-24(16-21)31-15-7-14-30-23)18-32-26(29)17-22(19-8-3-1-4-9-19)20-10-5-2-6-11-20/h1-6,8-13,16,22H,7,14-15,17-18H2,(H,27,28). The van der Waals surface area contributed by atoms with Crippen LogP contribution < -0.4 is 14.8 Å². The molecule has 1 N–H and O–H groups in total. The van der Waals surface area contributed by atoms with Crippen LogP contribution in [0.1, 0.15) is 29.9 Å². The summed E-state index contributed by atoms with van der Waals surface area (Å²) in [4.78, 5) is 24.9. The van der Waals surface area contributed by atoms with E-state index in [2.05, 4.69) is 5.32 Å². The Balaban J connectivity index is 1.34. The van der Waals surface area contributed by atoms with Crippen molar-refractivity contribution in [3.05, 3.63) is 90.0 Å². The van der Waals surface area contributed by atoms with E-state index in [-0.39, 0.29) is 18.9 Å². The van der Waals surface area contributed by atoms with Gasteiger partial charge in [0.15, 0.2) is 18.1 Å². The summed E-state index contributed by atoms with van der Waals surface area (Å²) in [5, 5.41) is 2.73.